The highest BCUT2D eigenvalue weighted by Gasteiger charge is 2.10. The fourth-order valence-electron chi connectivity index (χ4n) is 2.63. The summed E-state index contributed by atoms with van der Waals surface area (Å²) >= 11 is 0. The van der Waals surface area contributed by atoms with Crippen LogP contribution in [0.3, 0.4) is 0 Å². The Hall–Kier alpha value is -0.280. The Labute approximate surface area is 154 Å². The third-order valence-corrected chi connectivity index (χ3v) is 4.49. The molecule has 152 valence electrons. The number of hydrogen-bond donors (Lipinski definition) is 3. The first-order valence-electron chi connectivity index (χ1n) is 9.64. The molecule has 7 heteroatoms. The van der Waals surface area contributed by atoms with Crippen molar-refractivity contribution in [2.45, 2.75) is 19.3 Å². The average molecular weight is 363 g/mol. The van der Waals surface area contributed by atoms with Crippen molar-refractivity contribution in [3.05, 3.63) is 0 Å². The second-order valence-corrected chi connectivity index (χ2v) is 6.98. The highest BCUT2D eigenvalue weighted by Crippen LogP contribution is 1.97. The third kappa shape index (κ3) is 15.7. The molecule has 0 heterocycles. The first kappa shape index (κ1) is 24.7. The average Bonchev–Trinajstić information content (AvgIpc) is 2.61. The monoisotopic (exact) mass is 362 g/mol. The van der Waals surface area contributed by atoms with Gasteiger partial charge in [0.1, 0.15) is 0 Å². The van der Waals surface area contributed by atoms with Gasteiger partial charge in [-0.05, 0) is 40.4 Å². The molecule has 7 nitrogen and oxygen atoms in total. The molecule has 0 rings (SSSR count). The molecule has 0 saturated carbocycles. The number of rotatable bonds is 18. The lowest BCUT2D eigenvalue weighted by atomic mass is 10.3. The van der Waals surface area contributed by atoms with E-state index in [-0.39, 0.29) is 19.8 Å². The van der Waals surface area contributed by atoms with Crippen LogP contribution in [0.1, 0.15) is 19.3 Å². The van der Waals surface area contributed by atoms with Crippen LogP contribution in [-0.4, -0.2) is 135 Å². The SMILES string of the molecule is CN(CCCO)CCN(CCN(C)CCCO)CCN(C)CCCO. The van der Waals surface area contributed by atoms with Gasteiger partial charge in [-0.15, -0.1) is 0 Å². The molecule has 0 aliphatic heterocycles. The summed E-state index contributed by atoms with van der Waals surface area (Å²) in [7, 11) is 6.32. The lowest BCUT2D eigenvalue weighted by Gasteiger charge is -2.29. The van der Waals surface area contributed by atoms with Crippen LogP contribution in [0.2, 0.25) is 0 Å². The summed E-state index contributed by atoms with van der Waals surface area (Å²) in [5.74, 6) is 0. The van der Waals surface area contributed by atoms with Crippen LogP contribution in [0.15, 0.2) is 0 Å². The molecular formula is C18H42N4O3. The van der Waals surface area contributed by atoms with Crippen molar-refractivity contribution in [1.82, 2.24) is 19.6 Å². The normalized spacial score (nSPS) is 12.2. The third-order valence-electron chi connectivity index (χ3n) is 4.49. The molecule has 0 bridgehead atoms. The standard InChI is InChI=1S/C18H42N4O3/c1-19(7-4-16-23)10-13-22(14-11-20(2)8-5-17-24)15-12-21(3)9-6-18-25/h23-25H,4-18H2,1-3H3. The summed E-state index contributed by atoms with van der Waals surface area (Å²) in [5, 5.41) is 26.8. The molecule has 0 atom stereocenters. The fraction of sp³-hybridized carbons (Fsp3) is 1.00. The van der Waals surface area contributed by atoms with Gasteiger partial charge in [0.05, 0.1) is 0 Å². The van der Waals surface area contributed by atoms with Crippen molar-refractivity contribution in [2.24, 2.45) is 0 Å². The van der Waals surface area contributed by atoms with Crippen LogP contribution < -0.4 is 0 Å². The number of aliphatic hydroxyl groups is 3. The molecule has 0 amide bonds. The molecule has 0 unspecified atom stereocenters. The minimum Gasteiger partial charge on any atom is -0.396 e. The Bertz CT molecular complexity index is 242. The Morgan fingerprint density at radius 1 is 0.440 bits per heavy atom. The Morgan fingerprint density at radius 3 is 0.960 bits per heavy atom. The molecule has 0 aromatic carbocycles. The van der Waals surface area contributed by atoms with Gasteiger partial charge >= 0.3 is 0 Å². The van der Waals surface area contributed by atoms with Gasteiger partial charge in [0, 0.05) is 78.7 Å². The largest absolute Gasteiger partial charge is 0.396 e. The number of aliphatic hydroxyl groups excluding tert-OH is 3. The van der Waals surface area contributed by atoms with E-state index in [4.69, 9.17) is 15.3 Å². The molecule has 0 aromatic heterocycles. The van der Waals surface area contributed by atoms with Gasteiger partial charge in [-0.2, -0.15) is 0 Å². The number of hydrogen-bond acceptors (Lipinski definition) is 7. The summed E-state index contributed by atoms with van der Waals surface area (Å²) in [5.41, 5.74) is 0. The van der Waals surface area contributed by atoms with Crippen LogP contribution in [0.5, 0.6) is 0 Å². The topological polar surface area (TPSA) is 73.7 Å². The minimum atomic E-state index is 0.249. The van der Waals surface area contributed by atoms with Gasteiger partial charge in [-0.1, -0.05) is 0 Å². The van der Waals surface area contributed by atoms with Crippen LogP contribution in [-0.2, 0) is 0 Å². The zero-order chi connectivity index (χ0) is 18.9. The van der Waals surface area contributed by atoms with Crippen molar-refractivity contribution in [3.8, 4) is 0 Å². The maximum Gasteiger partial charge on any atom is 0.0443 e. The summed E-state index contributed by atoms with van der Waals surface area (Å²) in [4.78, 5) is 9.30. The van der Waals surface area contributed by atoms with E-state index in [1.54, 1.807) is 0 Å². The first-order chi connectivity index (χ1) is 12.0. The van der Waals surface area contributed by atoms with E-state index in [0.717, 1.165) is 78.2 Å². The Kier molecular flexibility index (Phi) is 17.0. The summed E-state index contributed by atoms with van der Waals surface area (Å²) in [6.07, 6.45) is 2.47. The molecule has 0 aliphatic carbocycles. The van der Waals surface area contributed by atoms with Crippen LogP contribution in [0, 0.1) is 0 Å². The van der Waals surface area contributed by atoms with Crippen molar-refractivity contribution >= 4 is 0 Å². The second-order valence-electron chi connectivity index (χ2n) is 6.98. The molecular weight excluding hydrogens is 320 g/mol. The lowest BCUT2D eigenvalue weighted by Crippen LogP contribution is -2.42. The smallest absolute Gasteiger partial charge is 0.0443 e. The summed E-state index contributed by atoms with van der Waals surface area (Å²) in [6, 6.07) is 0. The van der Waals surface area contributed by atoms with Gasteiger partial charge in [-0.25, -0.2) is 0 Å². The van der Waals surface area contributed by atoms with Crippen molar-refractivity contribution in [1.29, 1.82) is 0 Å². The zero-order valence-electron chi connectivity index (χ0n) is 16.7. The van der Waals surface area contributed by atoms with E-state index in [2.05, 4.69) is 40.7 Å². The van der Waals surface area contributed by atoms with Crippen LogP contribution in [0.25, 0.3) is 0 Å². The van der Waals surface area contributed by atoms with Gasteiger partial charge in [0.15, 0.2) is 0 Å². The lowest BCUT2D eigenvalue weighted by molar-refractivity contribution is 0.167. The van der Waals surface area contributed by atoms with Crippen LogP contribution >= 0.6 is 0 Å². The maximum atomic E-state index is 8.94. The maximum absolute atomic E-state index is 8.94. The van der Waals surface area contributed by atoms with E-state index in [0.29, 0.717) is 0 Å². The number of nitrogens with zero attached hydrogens (tertiary/aromatic N) is 4. The molecule has 0 radical (unpaired) electrons. The van der Waals surface area contributed by atoms with E-state index in [1.165, 1.54) is 0 Å². The summed E-state index contributed by atoms with van der Waals surface area (Å²) < 4.78 is 0. The second kappa shape index (κ2) is 17.1. The van der Waals surface area contributed by atoms with E-state index >= 15 is 0 Å². The van der Waals surface area contributed by atoms with Crippen molar-refractivity contribution in [2.75, 3.05) is 99.9 Å². The predicted molar refractivity (Wildman–Crippen MR) is 104 cm³/mol. The summed E-state index contributed by atoms with van der Waals surface area (Å²) in [6.45, 7) is 9.59. The molecule has 0 spiro atoms. The number of likely N-dealkylation sites (N-methyl/N-ethyl adjacent to an activating group) is 3. The fourth-order valence-corrected chi connectivity index (χ4v) is 2.63. The quantitative estimate of drug-likeness (QED) is 0.296. The van der Waals surface area contributed by atoms with E-state index < -0.39 is 0 Å². The predicted octanol–water partition coefficient (Wildman–Crippen LogP) is -0.769. The van der Waals surface area contributed by atoms with Gasteiger partial charge in [-0.3, -0.25) is 4.90 Å². The molecule has 0 aliphatic rings. The van der Waals surface area contributed by atoms with Crippen molar-refractivity contribution in [3.63, 3.8) is 0 Å². The highest BCUT2D eigenvalue weighted by molar-refractivity contribution is 4.66. The molecule has 0 aromatic rings. The molecule has 0 saturated heterocycles. The Morgan fingerprint density at radius 2 is 0.720 bits per heavy atom. The first-order valence-corrected chi connectivity index (χ1v) is 9.64. The Balaban J connectivity index is 4.24. The van der Waals surface area contributed by atoms with Gasteiger partial charge < -0.3 is 30.0 Å². The van der Waals surface area contributed by atoms with Gasteiger partial charge in [0.25, 0.3) is 0 Å². The highest BCUT2D eigenvalue weighted by atomic mass is 16.3. The van der Waals surface area contributed by atoms with E-state index in [1.807, 2.05) is 0 Å². The molecule has 3 N–H and O–H groups in total. The van der Waals surface area contributed by atoms with Crippen LogP contribution in [0.4, 0.5) is 0 Å². The molecule has 25 heavy (non-hydrogen) atoms. The van der Waals surface area contributed by atoms with E-state index in [9.17, 15) is 0 Å². The van der Waals surface area contributed by atoms with Gasteiger partial charge in [0.2, 0.25) is 0 Å². The van der Waals surface area contributed by atoms with Crippen molar-refractivity contribution < 1.29 is 15.3 Å². The zero-order valence-corrected chi connectivity index (χ0v) is 16.7. The molecule has 0 fully saturated rings. The minimum absolute atomic E-state index is 0.249.